The molecule has 7 nitrogen and oxygen atoms in total. The molecule has 26 heavy (non-hydrogen) atoms. The molecule has 2 aromatic rings. The van der Waals surface area contributed by atoms with Crippen molar-refractivity contribution < 1.29 is 13.5 Å². The van der Waals surface area contributed by atoms with Crippen molar-refractivity contribution in [1.29, 1.82) is 0 Å². The third kappa shape index (κ3) is 5.14. The number of allylic oxidation sites excluding steroid dienone is 1. The van der Waals surface area contributed by atoms with Crippen molar-refractivity contribution in [2.45, 2.75) is 31.1 Å². The van der Waals surface area contributed by atoms with Crippen molar-refractivity contribution in [3.63, 3.8) is 0 Å². The van der Waals surface area contributed by atoms with Gasteiger partial charge in [0.25, 0.3) is 10.0 Å². The number of nitrogens with two attached hydrogens (primary N) is 2. The van der Waals surface area contributed by atoms with Crippen LogP contribution in [0.25, 0.3) is 0 Å². The van der Waals surface area contributed by atoms with Gasteiger partial charge >= 0.3 is 0 Å². The Morgan fingerprint density at radius 1 is 1.23 bits per heavy atom. The molecule has 0 aliphatic carbocycles. The van der Waals surface area contributed by atoms with E-state index in [0.717, 1.165) is 19.3 Å². The molecule has 2 aromatic carbocycles. The standard InChI is InChI=1S/C18H24N4O3S/c1-2-3-7-14(19)13-22(20)15-8-6-9-16(12-15)26(24,25)21-17-10-4-5-11-18(17)23/h4-6,8-13,21,23H,2-3,7,19-20H2,1H3/b14-13-. The van der Waals surface area contributed by atoms with Crippen molar-refractivity contribution in [2.24, 2.45) is 11.6 Å². The molecule has 0 unspecified atom stereocenters. The lowest BCUT2D eigenvalue weighted by atomic mass is 10.2. The fraction of sp³-hybridized carbons (Fsp3) is 0.222. The maximum Gasteiger partial charge on any atom is 0.262 e. The number of unbranched alkanes of at least 4 members (excludes halogenated alkanes) is 1. The van der Waals surface area contributed by atoms with Gasteiger partial charge in [-0.2, -0.15) is 0 Å². The second-order valence-electron chi connectivity index (χ2n) is 5.83. The van der Waals surface area contributed by atoms with E-state index in [1.807, 2.05) is 0 Å². The Balaban J connectivity index is 2.23. The van der Waals surface area contributed by atoms with Gasteiger partial charge in [0, 0.05) is 11.9 Å². The number of nitrogens with zero attached hydrogens (tertiary/aromatic N) is 1. The minimum atomic E-state index is -3.88. The predicted octanol–water partition coefficient (Wildman–Crippen LogP) is 2.86. The number of para-hydroxylation sites is 2. The molecule has 0 amide bonds. The van der Waals surface area contributed by atoms with E-state index in [1.54, 1.807) is 30.5 Å². The van der Waals surface area contributed by atoms with E-state index in [0.29, 0.717) is 11.4 Å². The Kier molecular flexibility index (Phi) is 6.48. The minimum Gasteiger partial charge on any atom is -0.506 e. The van der Waals surface area contributed by atoms with Crippen LogP contribution in [0, 0.1) is 0 Å². The van der Waals surface area contributed by atoms with Crippen LogP contribution in [0.4, 0.5) is 11.4 Å². The average Bonchev–Trinajstić information content (AvgIpc) is 2.62. The molecule has 2 rings (SSSR count). The van der Waals surface area contributed by atoms with Crippen molar-refractivity contribution >= 4 is 21.4 Å². The van der Waals surface area contributed by atoms with Crippen LogP contribution in [-0.4, -0.2) is 13.5 Å². The molecule has 8 heteroatoms. The van der Waals surface area contributed by atoms with Crippen LogP contribution in [0.15, 0.2) is 65.3 Å². The largest absolute Gasteiger partial charge is 0.506 e. The summed E-state index contributed by atoms with van der Waals surface area (Å²) in [7, 11) is -3.88. The summed E-state index contributed by atoms with van der Waals surface area (Å²) in [6.07, 6.45) is 4.27. The van der Waals surface area contributed by atoms with Gasteiger partial charge in [-0.15, -0.1) is 0 Å². The Labute approximate surface area is 154 Å². The molecular weight excluding hydrogens is 352 g/mol. The fourth-order valence-corrected chi connectivity index (χ4v) is 3.39. The quantitative estimate of drug-likeness (QED) is 0.319. The average molecular weight is 376 g/mol. The summed E-state index contributed by atoms with van der Waals surface area (Å²) in [6.45, 7) is 2.07. The minimum absolute atomic E-state index is 0.0224. The van der Waals surface area contributed by atoms with Crippen molar-refractivity contribution in [3.8, 4) is 5.75 Å². The number of rotatable bonds is 8. The zero-order valence-corrected chi connectivity index (χ0v) is 15.4. The van der Waals surface area contributed by atoms with E-state index in [2.05, 4.69) is 11.6 Å². The highest BCUT2D eigenvalue weighted by Gasteiger charge is 2.17. The summed E-state index contributed by atoms with van der Waals surface area (Å²) in [5, 5.41) is 11.1. The number of nitrogens with one attached hydrogen (secondary N) is 1. The van der Waals surface area contributed by atoms with E-state index < -0.39 is 10.0 Å². The monoisotopic (exact) mass is 376 g/mol. The number of aromatic hydroxyl groups is 1. The molecule has 6 N–H and O–H groups in total. The highest BCUT2D eigenvalue weighted by Crippen LogP contribution is 2.26. The maximum absolute atomic E-state index is 12.6. The van der Waals surface area contributed by atoms with Gasteiger partial charge in [-0.3, -0.25) is 9.73 Å². The first-order valence-corrected chi connectivity index (χ1v) is 9.73. The maximum atomic E-state index is 12.6. The lowest BCUT2D eigenvalue weighted by molar-refractivity contribution is 0.477. The molecule has 0 aliphatic heterocycles. The topological polar surface area (TPSA) is 122 Å². The molecule has 140 valence electrons. The van der Waals surface area contributed by atoms with Crippen molar-refractivity contribution in [1.82, 2.24) is 0 Å². The lowest BCUT2D eigenvalue weighted by Gasteiger charge is -2.17. The molecule has 0 radical (unpaired) electrons. The van der Waals surface area contributed by atoms with Gasteiger partial charge in [0.2, 0.25) is 0 Å². The van der Waals surface area contributed by atoms with Gasteiger partial charge in [0.1, 0.15) is 5.75 Å². The first-order chi connectivity index (χ1) is 12.3. The summed E-state index contributed by atoms with van der Waals surface area (Å²) in [5.41, 5.74) is 7.12. The number of hydrogen-bond donors (Lipinski definition) is 4. The van der Waals surface area contributed by atoms with E-state index in [9.17, 15) is 13.5 Å². The molecule has 0 saturated carbocycles. The van der Waals surface area contributed by atoms with Gasteiger partial charge in [0.05, 0.1) is 16.3 Å². The van der Waals surface area contributed by atoms with E-state index in [-0.39, 0.29) is 16.3 Å². The van der Waals surface area contributed by atoms with Crippen LogP contribution >= 0.6 is 0 Å². The van der Waals surface area contributed by atoms with Crippen LogP contribution in [0.2, 0.25) is 0 Å². The Bertz CT molecular complexity index is 882. The van der Waals surface area contributed by atoms with Crippen LogP contribution < -0.4 is 21.3 Å². The number of benzene rings is 2. The van der Waals surface area contributed by atoms with Gasteiger partial charge in [-0.1, -0.05) is 31.5 Å². The molecule has 0 bridgehead atoms. The Morgan fingerprint density at radius 2 is 1.96 bits per heavy atom. The number of phenolic OH excluding ortho intramolecular Hbond substituents is 1. The molecule has 0 aliphatic rings. The molecule has 0 aromatic heterocycles. The number of phenols is 1. The third-order valence-electron chi connectivity index (χ3n) is 3.70. The first kappa shape index (κ1) is 19.6. The van der Waals surface area contributed by atoms with E-state index >= 15 is 0 Å². The fourth-order valence-electron chi connectivity index (χ4n) is 2.27. The molecular formula is C18H24N4O3S. The van der Waals surface area contributed by atoms with E-state index in [1.165, 1.54) is 29.3 Å². The molecule has 0 heterocycles. The highest BCUT2D eigenvalue weighted by molar-refractivity contribution is 7.92. The third-order valence-corrected chi connectivity index (χ3v) is 5.06. The molecule has 0 atom stereocenters. The SMILES string of the molecule is CCCC/C(N)=C/N(N)c1cccc(S(=O)(=O)Nc2ccccc2O)c1. The number of hydrazine groups is 1. The Morgan fingerprint density at radius 3 is 2.65 bits per heavy atom. The summed E-state index contributed by atoms with van der Waals surface area (Å²) in [4.78, 5) is 0.0224. The van der Waals surface area contributed by atoms with Gasteiger partial charge in [0.15, 0.2) is 0 Å². The second-order valence-corrected chi connectivity index (χ2v) is 7.52. The Hall–Kier alpha value is -2.71. The number of anilines is 2. The number of sulfonamides is 1. The second kappa shape index (κ2) is 8.59. The number of hydrogen-bond acceptors (Lipinski definition) is 6. The van der Waals surface area contributed by atoms with E-state index in [4.69, 9.17) is 11.6 Å². The zero-order valence-electron chi connectivity index (χ0n) is 14.6. The smallest absolute Gasteiger partial charge is 0.262 e. The lowest BCUT2D eigenvalue weighted by Crippen LogP contribution is -2.26. The molecule has 0 saturated heterocycles. The van der Waals surface area contributed by atoms with Crippen molar-refractivity contribution in [3.05, 3.63) is 60.4 Å². The normalized spacial score (nSPS) is 12.0. The van der Waals surface area contributed by atoms with Crippen LogP contribution in [-0.2, 0) is 10.0 Å². The predicted molar refractivity (Wildman–Crippen MR) is 104 cm³/mol. The van der Waals surface area contributed by atoms with Gasteiger partial charge in [-0.05, 0) is 43.2 Å². The van der Waals surface area contributed by atoms with Crippen LogP contribution in [0.1, 0.15) is 26.2 Å². The molecule has 0 fully saturated rings. The van der Waals surface area contributed by atoms with Gasteiger partial charge in [-0.25, -0.2) is 14.3 Å². The summed E-state index contributed by atoms with van der Waals surface area (Å²) in [5.74, 6) is 5.82. The summed E-state index contributed by atoms with van der Waals surface area (Å²) in [6, 6.07) is 12.3. The molecule has 0 spiro atoms. The summed E-state index contributed by atoms with van der Waals surface area (Å²) >= 11 is 0. The summed E-state index contributed by atoms with van der Waals surface area (Å²) < 4.78 is 27.5. The van der Waals surface area contributed by atoms with Crippen LogP contribution in [0.5, 0.6) is 5.75 Å². The zero-order chi connectivity index (χ0) is 19.2. The first-order valence-electron chi connectivity index (χ1n) is 8.24. The van der Waals surface area contributed by atoms with Crippen molar-refractivity contribution in [2.75, 3.05) is 9.73 Å². The highest BCUT2D eigenvalue weighted by atomic mass is 32.2. The van der Waals surface area contributed by atoms with Gasteiger partial charge < -0.3 is 10.8 Å². The van der Waals surface area contributed by atoms with Crippen LogP contribution in [0.3, 0.4) is 0 Å².